The highest BCUT2D eigenvalue weighted by atomic mass is 32.2. The number of para-hydroxylation sites is 1. The average molecular weight is 393 g/mol. The van der Waals surface area contributed by atoms with Gasteiger partial charge >= 0.3 is 0 Å². The number of aromatic nitrogens is 2. The van der Waals surface area contributed by atoms with Crippen molar-refractivity contribution in [3.05, 3.63) is 42.7 Å². The molecular weight excluding hydrogens is 368 g/mol. The van der Waals surface area contributed by atoms with Gasteiger partial charge in [0.1, 0.15) is 4.90 Å². The van der Waals surface area contributed by atoms with E-state index in [1.807, 2.05) is 30.3 Å². The minimum absolute atomic E-state index is 0.267. The molecule has 1 aromatic heterocycles. The van der Waals surface area contributed by atoms with Gasteiger partial charge in [-0.3, -0.25) is 4.90 Å². The van der Waals surface area contributed by atoms with Crippen LogP contribution in [-0.4, -0.2) is 71.1 Å². The summed E-state index contributed by atoms with van der Waals surface area (Å²) in [5, 5.41) is 4.58. The van der Waals surface area contributed by atoms with Gasteiger partial charge in [-0.1, -0.05) is 18.2 Å². The van der Waals surface area contributed by atoms with E-state index < -0.39 is 10.0 Å². The van der Waals surface area contributed by atoms with Crippen LogP contribution in [0.4, 0.5) is 0 Å². The van der Waals surface area contributed by atoms with Crippen molar-refractivity contribution in [2.75, 3.05) is 32.4 Å². The summed E-state index contributed by atoms with van der Waals surface area (Å²) < 4.78 is 29.6. The first-order valence-corrected chi connectivity index (χ1v) is 11.7. The summed E-state index contributed by atoms with van der Waals surface area (Å²) in [4.78, 5) is 2.73. The molecule has 1 aromatic carbocycles. The number of thioether (sulfide) groups is 1. The van der Waals surface area contributed by atoms with Crippen molar-refractivity contribution in [1.29, 1.82) is 0 Å². The minimum Gasteiger partial charge on any atom is -0.298 e. The number of rotatable bonds is 5. The van der Waals surface area contributed by atoms with Crippen LogP contribution < -0.4 is 0 Å². The van der Waals surface area contributed by atoms with Crippen LogP contribution in [0.2, 0.25) is 0 Å². The van der Waals surface area contributed by atoms with Gasteiger partial charge in [-0.2, -0.15) is 21.2 Å². The van der Waals surface area contributed by atoms with E-state index in [0.29, 0.717) is 24.4 Å². The molecule has 0 aliphatic carbocycles. The summed E-state index contributed by atoms with van der Waals surface area (Å²) in [5.74, 6) is 0. The number of nitrogens with zero attached hydrogens (tertiary/aromatic N) is 4. The van der Waals surface area contributed by atoms with Gasteiger partial charge in [0.15, 0.2) is 0 Å². The van der Waals surface area contributed by atoms with Gasteiger partial charge in [-0.15, -0.1) is 0 Å². The highest BCUT2D eigenvalue weighted by Gasteiger charge is 2.42. The summed E-state index contributed by atoms with van der Waals surface area (Å²) in [7, 11) is -3.52. The normalized spacial score (nSPS) is 25.1. The summed E-state index contributed by atoms with van der Waals surface area (Å²) >= 11 is 1.78. The molecule has 0 saturated carbocycles. The number of sulfonamides is 1. The SMILES string of the molecule is CS[C@@H]1CN(S(=O)(=O)c2cnn(-c3ccccc3)c2)C[C@H]1N1CCCC1. The van der Waals surface area contributed by atoms with E-state index >= 15 is 0 Å². The zero-order valence-electron chi connectivity index (χ0n) is 14.9. The third-order valence-corrected chi connectivity index (χ3v) is 8.19. The lowest BCUT2D eigenvalue weighted by Crippen LogP contribution is -2.40. The molecule has 2 aliphatic rings. The molecule has 0 bridgehead atoms. The quantitative estimate of drug-likeness (QED) is 0.780. The molecule has 8 heteroatoms. The molecule has 2 aliphatic heterocycles. The second-order valence-corrected chi connectivity index (χ2v) is 9.88. The maximum Gasteiger partial charge on any atom is 0.246 e. The minimum atomic E-state index is -3.52. The van der Waals surface area contributed by atoms with E-state index in [0.717, 1.165) is 18.8 Å². The van der Waals surface area contributed by atoms with Crippen molar-refractivity contribution in [3.8, 4) is 5.69 Å². The van der Waals surface area contributed by atoms with Gasteiger partial charge < -0.3 is 0 Å². The lowest BCUT2D eigenvalue weighted by molar-refractivity contribution is 0.254. The first-order chi connectivity index (χ1) is 12.6. The topological polar surface area (TPSA) is 58.4 Å². The first-order valence-electron chi connectivity index (χ1n) is 8.96. The molecule has 0 N–H and O–H groups in total. The van der Waals surface area contributed by atoms with E-state index in [2.05, 4.69) is 16.3 Å². The smallest absolute Gasteiger partial charge is 0.246 e. The summed E-state index contributed by atoms with van der Waals surface area (Å²) in [6, 6.07) is 9.88. The number of benzene rings is 1. The van der Waals surface area contributed by atoms with Crippen molar-refractivity contribution in [1.82, 2.24) is 19.0 Å². The molecule has 2 aromatic rings. The van der Waals surface area contributed by atoms with Crippen LogP contribution in [0.15, 0.2) is 47.6 Å². The van der Waals surface area contributed by atoms with Crippen molar-refractivity contribution in [3.63, 3.8) is 0 Å². The molecule has 2 fully saturated rings. The molecular formula is C18H24N4O2S2. The molecule has 0 amide bonds. The Balaban J connectivity index is 1.56. The predicted octanol–water partition coefficient (Wildman–Crippen LogP) is 2.07. The fourth-order valence-corrected chi connectivity index (χ4v) is 6.30. The van der Waals surface area contributed by atoms with Crippen LogP contribution in [-0.2, 0) is 10.0 Å². The maximum absolute atomic E-state index is 13.1. The van der Waals surface area contributed by atoms with Crippen LogP contribution in [0.5, 0.6) is 0 Å². The Morgan fingerprint density at radius 3 is 2.54 bits per heavy atom. The number of likely N-dealkylation sites (tertiary alicyclic amines) is 1. The molecule has 6 nitrogen and oxygen atoms in total. The molecule has 3 heterocycles. The third-order valence-electron chi connectivity index (χ3n) is 5.33. The van der Waals surface area contributed by atoms with Crippen molar-refractivity contribution in [2.24, 2.45) is 0 Å². The first kappa shape index (κ1) is 18.0. The van der Waals surface area contributed by atoms with Gasteiger partial charge in [0.05, 0.1) is 18.1 Å². The summed E-state index contributed by atoms with van der Waals surface area (Å²) in [5.41, 5.74) is 0.854. The second-order valence-electron chi connectivity index (χ2n) is 6.86. The fourth-order valence-electron chi connectivity index (χ4n) is 3.89. The van der Waals surface area contributed by atoms with E-state index in [1.54, 1.807) is 26.9 Å². The van der Waals surface area contributed by atoms with Crippen molar-refractivity contribution < 1.29 is 8.42 Å². The Labute approximate surface area is 159 Å². The predicted molar refractivity (Wildman–Crippen MR) is 104 cm³/mol. The fraction of sp³-hybridized carbons (Fsp3) is 0.500. The largest absolute Gasteiger partial charge is 0.298 e. The Bertz CT molecular complexity index is 847. The standard InChI is InChI=1S/C18H24N4O2S2/c1-25-18-14-21(13-17(18)20-9-5-6-10-20)26(23,24)16-11-19-22(12-16)15-7-3-2-4-8-15/h2-4,7-8,11-12,17-18H,5-6,9-10,13-14H2,1H3/t17-,18-/m1/s1. The molecule has 0 spiro atoms. The van der Waals surface area contributed by atoms with Gasteiger partial charge in [-0.25, -0.2) is 13.1 Å². The lowest BCUT2D eigenvalue weighted by atomic mass is 10.2. The van der Waals surface area contributed by atoms with Crippen LogP contribution >= 0.6 is 11.8 Å². The summed E-state index contributed by atoms with van der Waals surface area (Å²) in [6.45, 7) is 3.31. The number of hydrogen-bond donors (Lipinski definition) is 0. The Morgan fingerprint density at radius 1 is 1.12 bits per heavy atom. The molecule has 26 heavy (non-hydrogen) atoms. The van der Waals surface area contributed by atoms with E-state index in [9.17, 15) is 8.42 Å². The van der Waals surface area contributed by atoms with Gasteiger partial charge in [0.2, 0.25) is 10.0 Å². The van der Waals surface area contributed by atoms with E-state index in [4.69, 9.17) is 0 Å². The zero-order valence-corrected chi connectivity index (χ0v) is 16.5. The van der Waals surface area contributed by atoms with E-state index in [1.165, 1.54) is 19.0 Å². The highest BCUT2D eigenvalue weighted by molar-refractivity contribution is 7.99. The number of hydrogen-bond acceptors (Lipinski definition) is 5. The molecule has 4 rings (SSSR count). The Hall–Kier alpha value is -1.35. The third kappa shape index (κ3) is 3.31. The van der Waals surface area contributed by atoms with Crippen molar-refractivity contribution in [2.45, 2.75) is 29.0 Å². The molecule has 140 valence electrons. The van der Waals surface area contributed by atoms with Crippen LogP contribution in [0.25, 0.3) is 5.69 Å². The molecule has 2 atom stereocenters. The Morgan fingerprint density at radius 2 is 1.85 bits per heavy atom. The van der Waals surface area contributed by atoms with E-state index in [-0.39, 0.29) is 4.90 Å². The van der Waals surface area contributed by atoms with Crippen LogP contribution in [0.3, 0.4) is 0 Å². The van der Waals surface area contributed by atoms with Gasteiger partial charge in [0, 0.05) is 24.4 Å². The van der Waals surface area contributed by atoms with Crippen LogP contribution in [0, 0.1) is 0 Å². The van der Waals surface area contributed by atoms with Gasteiger partial charge in [-0.05, 0) is 44.3 Å². The molecule has 2 saturated heterocycles. The second kappa shape index (κ2) is 7.34. The average Bonchev–Trinajstić information content (AvgIpc) is 3.42. The molecule has 0 unspecified atom stereocenters. The maximum atomic E-state index is 13.1. The summed E-state index contributed by atoms with van der Waals surface area (Å²) in [6.07, 6.45) is 7.58. The monoisotopic (exact) mass is 392 g/mol. The Kier molecular flexibility index (Phi) is 5.09. The zero-order chi connectivity index (χ0) is 18.1. The van der Waals surface area contributed by atoms with Crippen molar-refractivity contribution >= 4 is 21.8 Å². The van der Waals surface area contributed by atoms with Crippen LogP contribution in [0.1, 0.15) is 12.8 Å². The van der Waals surface area contributed by atoms with Gasteiger partial charge in [0.25, 0.3) is 0 Å². The lowest BCUT2D eigenvalue weighted by Gasteiger charge is -2.27. The highest BCUT2D eigenvalue weighted by Crippen LogP contribution is 2.31. The molecule has 0 radical (unpaired) electrons.